The number of benzene rings is 1. The van der Waals surface area contributed by atoms with Crippen LogP contribution in [0.1, 0.15) is 30.5 Å². The quantitative estimate of drug-likeness (QED) is 0.737. The Labute approximate surface area is 85.3 Å². The lowest BCUT2D eigenvalue weighted by atomic mass is 10.0. The molecule has 0 fully saturated rings. The molecular weight excluding hydrogens is 174 g/mol. The summed E-state index contributed by atoms with van der Waals surface area (Å²) in [5.74, 6) is 0. The summed E-state index contributed by atoms with van der Waals surface area (Å²) in [6.45, 7) is 4.71. The average Bonchev–Trinajstić information content (AvgIpc) is 2.63. The highest BCUT2D eigenvalue weighted by Gasteiger charge is 2.20. The molecule has 0 saturated carbocycles. The van der Waals surface area contributed by atoms with Crippen LogP contribution in [0.4, 0.5) is 0 Å². The molecule has 1 aliphatic heterocycles. The first-order valence-corrected chi connectivity index (χ1v) is 5.30. The van der Waals surface area contributed by atoms with E-state index in [1.54, 1.807) is 0 Å². The Morgan fingerprint density at radius 1 is 1.43 bits per heavy atom. The van der Waals surface area contributed by atoms with Crippen molar-refractivity contribution in [1.82, 2.24) is 5.32 Å². The molecule has 1 N–H and O–H groups in total. The van der Waals surface area contributed by atoms with E-state index in [1.807, 2.05) is 6.92 Å². The van der Waals surface area contributed by atoms with Crippen molar-refractivity contribution >= 4 is 0 Å². The maximum atomic E-state index is 5.37. The van der Waals surface area contributed by atoms with Gasteiger partial charge in [0.15, 0.2) is 0 Å². The van der Waals surface area contributed by atoms with Crippen LogP contribution in [-0.2, 0) is 11.3 Å². The van der Waals surface area contributed by atoms with Crippen LogP contribution in [0.2, 0.25) is 0 Å². The molecule has 0 amide bonds. The van der Waals surface area contributed by atoms with Crippen molar-refractivity contribution in [2.24, 2.45) is 0 Å². The summed E-state index contributed by atoms with van der Waals surface area (Å²) >= 11 is 0. The van der Waals surface area contributed by atoms with Gasteiger partial charge in [-0.1, -0.05) is 24.3 Å². The van der Waals surface area contributed by atoms with Gasteiger partial charge >= 0.3 is 0 Å². The molecule has 14 heavy (non-hydrogen) atoms. The zero-order valence-electron chi connectivity index (χ0n) is 8.62. The second-order valence-corrected chi connectivity index (χ2v) is 3.62. The number of fused-ring (bicyclic) bond motifs is 1. The van der Waals surface area contributed by atoms with Crippen molar-refractivity contribution in [3.05, 3.63) is 35.4 Å². The fraction of sp³-hybridized carbons (Fsp3) is 0.500. The molecule has 2 nitrogen and oxygen atoms in total. The van der Waals surface area contributed by atoms with Crippen LogP contribution < -0.4 is 5.32 Å². The molecule has 1 aromatic carbocycles. The van der Waals surface area contributed by atoms with Crippen molar-refractivity contribution in [2.75, 3.05) is 13.2 Å². The van der Waals surface area contributed by atoms with Crippen LogP contribution in [0.5, 0.6) is 0 Å². The Morgan fingerprint density at radius 3 is 3.14 bits per heavy atom. The monoisotopic (exact) mass is 191 g/mol. The highest BCUT2D eigenvalue weighted by Crippen LogP contribution is 2.27. The average molecular weight is 191 g/mol. The second-order valence-electron chi connectivity index (χ2n) is 3.62. The highest BCUT2D eigenvalue weighted by molar-refractivity contribution is 5.33. The molecule has 76 valence electrons. The normalized spacial score (nSPS) is 19.6. The van der Waals surface area contributed by atoms with Crippen molar-refractivity contribution in [3.63, 3.8) is 0 Å². The second kappa shape index (κ2) is 4.58. The Balaban J connectivity index is 1.96. The standard InChI is InChI=1S/C12H17NO/c1-2-14-8-7-12-11-6-4-3-5-10(11)9-13-12/h3-6,12-13H,2,7-9H2,1H3. The molecule has 0 aliphatic carbocycles. The van der Waals surface area contributed by atoms with E-state index in [9.17, 15) is 0 Å². The van der Waals surface area contributed by atoms with Gasteiger partial charge in [-0.3, -0.25) is 0 Å². The van der Waals surface area contributed by atoms with E-state index in [0.717, 1.165) is 26.2 Å². The molecule has 0 bridgehead atoms. The van der Waals surface area contributed by atoms with Crippen molar-refractivity contribution < 1.29 is 4.74 Å². The first kappa shape index (κ1) is 9.69. The van der Waals surface area contributed by atoms with E-state index in [0.29, 0.717) is 6.04 Å². The molecule has 1 heterocycles. The topological polar surface area (TPSA) is 21.3 Å². The third-order valence-electron chi connectivity index (χ3n) is 2.72. The third-order valence-corrected chi connectivity index (χ3v) is 2.72. The van der Waals surface area contributed by atoms with E-state index in [2.05, 4.69) is 29.6 Å². The zero-order chi connectivity index (χ0) is 9.80. The smallest absolute Gasteiger partial charge is 0.0484 e. The molecule has 1 aromatic rings. The van der Waals surface area contributed by atoms with Gasteiger partial charge in [0, 0.05) is 25.8 Å². The molecular formula is C12H17NO. The van der Waals surface area contributed by atoms with Crippen LogP contribution in [0.3, 0.4) is 0 Å². The van der Waals surface area contributed by atoms with Gasteiger partial charge in [-0.05, 0) is 24.5 Å². The molecule has 0 spiro atoms. The number of rotatable bonds is 4. The van der Waals surface area contributed by atoms with Gasteiger partial charge in [0.05, 0.1) is 0 Å². The molecule has 2 rings (SSSR count). The summed E-state index contributed by atoms with van der Waals surface area (Å²) in [6.07, 6.45) is 1.07. The lowest BCUT2D eigenvalue weighted by molar-refractivity contribution is 0.137. The first-order chi connectivity index (χ1) is 6.92. The van der Waals surface area contributed by atoms with Crippen LogP contribution in [0.25, 0.3) is 0 Å². The Hall–Kier alpha value is -0.860. The van der Waals surface area contributed by atoms with Crippen LogP contribution in [-0.4, -0.2) is 13.2 Å². The summed E-state index contributed by atoms with van der Waals surface area (Å²) < 4.78 is 5.37. The largest absolute Gasteiger partial charge is 0.382 e. The summed E-state index contributed by atoms with van der Waals surface area (Å²) in [5, 5.41) is 3.50. The van der Waals surface area contributed by atoms with Crippen LogP contribution >= 0.6 is 0 Å². The van der Waals surface area contributed by atoms with Gasteiger partial charge in [-0.25, -0.2) is 0 Å². The molecule has 0 aromatic heterocycles. The zero-order valence-corrected chi connectivity index (χ0v) is 8.62. The summed E-state index contributed by atoms with van der Waals surface area (Å²) in [5.41, 5.74) is 2.89. The van der Waals surface area contributed by atoms with Gasteiger partial charge in [0.2, 0.25) is 0 Å². The van der Waals surface area contributed by atoms with Crippen LogP contribution in [0, 0.1) is 0 Å². The molecule has 1 atom stereocenters. The Kier molecular flexibility index (Phi) is 3.17. The summed E-state index contributed by atoms with van der Waals surface area (Å²) in [6, 6.07) is 9.12. The van der Waals surface area contributed by atoms with E-state index in [-0.39, 0.29) is 0 Å². The summed E-state index contributed by atoms with van der Waals surface area (Å²) in [7, 11) is 0. The third kappa shape index (κ3) is 1.97. The predicted octanol–water partition coefficient (Wildman–Crippen LogP) is 2.26. The number of nitrogens with one attached hydrogen (secondary N) is 1. The lowest BCUT2D eigenvalue weighted by Crippen LogP contribution is -2.14. The Morgan fingerprint density at radius 2 is 2.29 bits per heavy atom. The van der Waals surface area contributed by atoms with E-state index >= 15 is 0 Å². The number of hydrogen-bond acceptors (Lipinski definition) is 2. The number of hydrogen-bond donors (Lipinski definition) is 1. The van der Waals surface area contributed by atoms with Gasteiger partial charge in [0.25, 0.3) is 0 Å². The van der Waals surface area contributed by atoms with Gasteiger partial charge in [0.1, 0.15) is 0 Å². The van der Waals surface area contributed by atoms with Crippen LogP contribution in [0.15, 0.2) is 24.3 Å². The minimum absolute atomic E-state index is 0.498. The SMILES string of the molecule is CCOCCC1NCc2ccccc21. The summed E-state index contributed by atoms with van der Waals surface area (Å²) in [4.78, 5) is 0. The minimum Gasteiger partial charge on any atom is -0.382 e. The van der Waals surface area contributed by atoms with Gasteiger partial charge < -0.3 is 10.1 Å². The fourth-order valence-electron chi connectivity index (χ4n) is 1.98. The predicted molar refractivity (Wildman–Crippen MR) is 57.1 cm³/mol. The van der Waals surface area contributed by atoms with E-state index < -0.39 is 0 Å². The lowest BCUT2D eigenvalue weighted by Gasteiger charge is -2.11. The first-order valence-electron chi connectivity index (χ1n) is 5.30. The van der Waals surface area contributed by atoms with Crippen molar-refractivity contribution in [1.29, 1.82) is 0 Å². The van der Waals surface area contributed by atoms with Crippen molar-refractivity contribution in [3.8, 4) is 0 Å². The minimum atomic E-state index is 0.498. The van der Waals surface area contributed by atoms with E-state index in [1.165, 1.54) is 11.1 Å². The maximum absolute atomic E-state index is 5.37. The number of ether oxygens (including phenoxy) is 1. The van der Waals surface area contributed by atoms with Crippen molar-refractivity contribution in [2.45, 2.75) is 25.9 Å². The fourth-order valence-corrected chi connectivity index (χ4v) is 1.98. The molecule has 1 unspecified atom stereocenters. The molecule has 1 aliphatic rings. The Bertz CT molecular complexity index is 298. The molecule has 2 heteroatoms. The molecule has 0 saturated heterocycles. The van der Waals surface area contributed by atoms with Gasteiger partial charge in [-0.15, -0.1) is 0 Å². The highest BCUT2D eigenvalue weighted by atomic mass is 16.5. The molecule has 0 radical (unpaired) electrons. The van der Waals surface area contributed by atoms with E-state index in [4.69, 9.17) is 4.74 Å². The maximum Gasteiger partial charge on any atom is 0.0484 e. The van der Waals surface area contributed by atoms with Gasteiger partial charge in [-0.2, -0.15) is 0 Å².